The first-order chi connectivity index (χ1) is 13.6. The van der Waals surface area contributed by atoms with Gasteiger partial charge >= 0.3 is 0 Å². The lowest BCUT2D eigenvalue weighted by molar-refractivity contribution is -0.133. The lowest BCUT2D eigenvalue weighted by Gasteiger charge is -2.37. The molecule has 1 aliphatic carbocycles. The summed E-state index contributed by atoms with van der Waals surface area (Å²) in [7, 11) is 0. The lowest BCUT2D eigenvalue weighted by atomic mass is 10.1. The van der Waals surface area contributed by atoms with Crippen LogP contribution in [-0.2, 0) is 4.79 Å². The summed E-state index contributed by atoms with van der Waals surface area (Å²) in [6, 6.07) is 14.7. The molecule has 1 saturated heterocycles. The molecule has 6 heteroatoms. The van der Waals surface area contributed by atoms with Crippen LogP contribution in [0.3, 0.4) is 0 Å². The van der Waals surface area contributed by atoms with Crippen molar-refractivity contribution in [1.29, 1.82) is 0 Å². The molecule has 1 atom stereocenters. The summed E-state index contributed by atoms with van der Waals surface area (Å²) in [5.74, 6) is 1.22. The Labute approximate surface area is 171 Å². The summed E-state index contributed by atoms with van der Waals surface area (Å²) < 4.78 is 0. The molecule has 1 aromatic carbocycles. The number of rotatable bonds is 6. The van der Waals surface area contributed by atoms with Crippen LogP contribution in [0.4, 0.5) is 5.82 Å². The van der Waals surface area contributed by atoms with Gasteiger partial charge in [0.15, 0.2) is 0 Å². The average molecular weight is 399 g/mol. The van der Waals surface area contributed by atoms with Gasteiger partial charge in [0, 0.05) is 49.5 Å². The van der Waals surface area contributed by atoms with Crippen LogP contribution in [0.1, 0.15) is 31.4 Å². The molecule has 1 aliphatic heterocycles. The number of benzene rings is 1. The third-order valence-electron chi connectivity index (χ3n) is 5.79. The summed E-state index contributed by atoms with van der Waals surface area (Å²) in [4.78, 5) is 24.0. The van der Waals surface area contributed by atoms with Gasteiger partial charge in [0.05, 0.1) is 6.54 Å². The Morgan fingerprint density at radius 1 is 1.14 bits per heavy atom. The van der Waals surface area contributed by atoms with Crippen LogP contribution in [0.15, 0.2) is 48.7 Å². The molecule has 0 bridgehead atoms. The van der Waals surface area contributed by atoms with Gasteiger partial charge in [0.25, 0.3) is 0 Å². The molecule has 28 heavy (non-hydrogen) atoms. The minimum absolute atomic E-state index is 0.212. The summed E-state index contributed by atoms with van der Waals surface area (Å²) in [5, 5.41) is 0.746. The van der Waals surface area contributed by atoms with Gasteiger partial charge in [-0.25, -0.2) is 4.98 Å². The molecule has 1 saturated carbocycles. The lowest BCUT2D eigenvalue weighted by Crippen LogP contribution is -2.51. The molecular weight excluding hydrogens is 372 g/mol. The third kappa shape index (κ3) is 4.47. The molecule has 4 rings (SSSR count). The van der Waals surface area contributed by atoms with Crippen molar-refractivity contribution >= 4 is 23.3 Å². The topological polar surface area (TPSA) is 39.7 Å². The van der Waals surface area contributed by atoms with E-state index in [1.54, 1.807) is 0 Å². The van der Waals surface area contributed by atoms with Crippen LogP contribution in [0.2, 0.25) is 5.02 Å². The van der Waals surface area contributed by atoms with Gasteiger partial charge in [-0.3, -0.25) is 9.69 Å². The summed E-state index contributed by atoms with van der Waals surface area (Å²) >= 11 is 6.03. The van der Waals surface area contributed by atoms with E-state index in [0.29, 0.717) is 12.6 Å². The first-order valence-corrected chi connectivity index (χ1v) is 10.4. The summed E-state index contributed by atoms with van der Waals surface area (Å²) in [5.41, 5.74) is 1.21. The average Bonchev–Trinajstić information content (AvgIpc) is 3.58. The van der Waals surface area contributed by atoms with Gasteiger partial charge in [-0.2, -0.15) is 0 Å². The molecule has 0 spiro atoms. The van der Waals surface area contributed by atoms with Crippen molar-refractivity contribution < 1.29 is 4.79 Å². The number of carbonyl (C=O) groups excluding carboxylic acids is 1. The number of aromatic nitrogens is 1. The molecule has 148 valence electrons. The number of nitrogens with zero attached hydrogens (tertiary/aromatic N) is 4. The highest BCUT2D eigenvalue weighted by Crippen LogP contribution is 2.34. The fraction of sp³-hybridized carbons (Fsp3) is 0.455. The maximum atomic E-state index is 13.0. The summed E-state index contributed by atoms with van der Waals surface area (Å²) in [6.45, 7) is 5.84. The zero-order valence-corrected chi connectivity index (χ0v) is 17.1. The Kier molecular flexibility index (Phi) is 5.83. The monoisotopic (exact) mass is 398 g/mol. The SMILES string of the molecule is CC(c1ccc(Cl)cc1)N(CC(=O)N1CCN(c2ccccn2)CC1)C1CC1. The van der Waals surface area contributed by atoms with E-state index >= 15 is 0 Å². The van der Waals surface area contributed by atoms with Crippen molar-refractivity contribution in [2.24, 2.45) is 0 Å². The fourth-order valence-electron chi connectivity index (χ4n) is 3.90. The second-order valence-electron chi connectivity index (χ2n) is 7.69. The minimum Gasteiger partial charge on any atom is -0.353 e. The molecule has 2 fully saturated rings. The normalized spacial score (nSPS) is 18.4. The van der Waals surface area contributed by atoms with E-state index in [2.05, 4.69) is 33.8 Å². The molecular formula is C22H27ClN4O. The van der Waals surface area contributed by atoms with Crippen molar-refractivity contribution in [1.82, 2.24) is 14.8 Å². The predicted octanol–water partition coefficient (Wildman–Crippen LogP) is 3.61. The van der Waals surface area contributed by atoms with Crippen molar-refractivity contribution in [3.05, 3.63) is 59.2 Å². The first kappa shape index (κ1) is 19.2. The molecule has 1 unspecified atom stereocenters. The third-order valence-corrected chi connectivity index (χ3v) is 6.04. The van der Waals surface area contributed by atoms with Crippen LogP contribution in [0.5, 0.6) is 0 Å². The van der Waals surface area contributed by atoms with E-state index in [4.69, 9.17) is 11.6 Å². The van der Waals surface area contributed by atoms with Crippen LogP contribution in [0.25, 0.3) is 0 Å². The standard InChI is InChI=1S/C22H27ClN4O/c1-17(18-5-7-19(23)8-6-18)27(20-9-10-20)16-22(28)26-14-12-25(13-15-26)21-4-2-3-11-24-21/h2-8,11,17,20H,9-10,12-16H2,1H3. The first-order valence-electron chi connectivity index (χ1n) is 10.1. The van der Waals surface area contributed by atoms with E-state index in [0.717, 1.165) is 37.0 Å². The quantitative estimate of drug-likeness (QED) is 0.745. The van der Waals surface area contributed by atoms with Crippen LogP contribution >= 0.6 is 11.6 Å². The van der Waals surface area contributed by atoms with E-state index in [-0.39, 0.29) is 11.9 Å². The Morgan fingerprint density at radius 2 is 1.86 bits per heavy atom. The van der Waals surface area contributed by atoms with Crippen molar-refractivity contribution in [3.8, 4) is 0 Å². The molecule has 2 aromatic rings. The highest BCUT2D eigenvalue weighted by molar-refractivity contribution is 6.30. The maximum absolute atomic E-state index is 13.0. The molecule has 2 heterocycles. The van der Waals surface area contributed by atoms with Crippen molar-refractivity contribution in [2.45, 2.75) is 31.8 Å². The highest BCUT2D eigenvalue weighted by atomic mass is 35.5. The summed E-state index contributed by atoms with van der Waals surface area (Å²) in [6.07, 6.45) is 4.18. The van der Waals surface area contributed by atoms with E-state index in [9.17, 15) is 4.79 Å². The van der Waals surface area contributed by atoms with Gasteiger partial charge in [0.1, 0.15) is 5.82 Å². The minimum atomic E-state index is 0.212. The van der Waals surface area contributed by atoms with Gasteiger partial charge < -0.3 is 9.80 Å². The second kappa shape index (κ2) is 8.50. The van der Waals surface area contributed by atoms with Crippen molar-refractivity contribution in [3.63, 3.8) is 0 Å². The van der Waals surface area contributed by atoms with E-state index in [1.165, 1.54) is 18.4 Å². The van der Waals surface area contributed by atoms with E-state index < -0.39 is 0 Å². The Morgan fingerprint density at radius 3 is 2.46 bits per heavy atom. The Hall–Kier alpha value is -2.11. The highest BCUT2D eigenvalue weighted by Gasteiger charge is 2.35. The van der Waals surface area contributed by atoms with Gasteiger partial charge in [-0.1, -0.05) is 29.8 Å². The smallest absolute Gasteiger partial charge is 0.236 e. The number of amides is 1. The number of piperazine rings is 1. The molecule has 5 nitrogen and oxygen atoms in total. The molecule has 2 aliphatic rings. The Balaban J connectivity index is 1.36. The number of hydrogen-bond donors (Lipinski definition) is 0. The maximum Gasteiger partial charge on any atom is 0.236 e. The molecule has 1 aromatic heterocycles. The number of halogens is 1. The fourth-order valence-corrected chi connectivity index (χ4v) is 4.03. The second-order valence-corrected chi connectivity index (χ2v) is 8.12. The Bertz CT molecular complexity index is 786. The number of pyridine rings is 1. The molecule has 0 N–H and O–H groups in total. The number of anilines is 1. The van der Waals surface area contributed by atoms with Crippen molar-refractivity contribution in [2.75, 3.05) is 37.6 Å². The molecule has 1 amide bonds. The van der Waals surface area contributed by atoms with Gasteiger partial charge in [-0.05, 0) is 49.6 Å². The predicted molar refractivity (Wildman–Crippen MR) is 113 cm³/mol. The van der Waals surface area contributed by atoms with E-state index in [1.807, 2.05) is 41.4 Å². The zero-order chi connectivity index (χ0) is 19.5. The zero-order valence-electron chi connectivity index (χ0n) is 16.3. The van der Waals surface area contributed by atoms with Gasteiger partial charge in [0.2, 0.25) is 5.91 Å². The largest absolute Gasteiger partial charge is 0.353 e. The van der Waals surface area contributed by atoms with Crippen LogP contribution in [-0.4, -0.2) is 59.5 Å². The number of carbonyl (C=O) groups is 1. The number of hydrogen-bond acceptors (Lipinski definition) is 4. The molecule has 0 radical (unpaired) electrons. The van der Waals surface area contributed by atoms with Crippen LogP contribution < -0.4 is 4.90 Å². The van der Waals surface area contributed by atoms with Gasteiger partial charge in [-0.15, -0.1) is 0 Å². The van der Waals surface area contributed by atoms with Crippen LogP contribution in [0, 0.1) is 0 Å².